The normalized spacial score (nSPS) is 12.2. The summed E-state index contributed by atoms with van der Waals surface area (Å²) in [7, 11) is -3.82. The van der Waals surface area contributed by atoms with Crippen LogP contribution in [0.5, 0.6) is 0 Å². The smallest absolute Gasteiger partial charge is 0.313 e. The molecule has 0 unspecified atom stereocenters. The zero-order valence-corrected chi connectivity index (χ0v) is 9.40. The second kappa shape index (κ2) is 4.75. The molecule has 0 aliphatic rings. The van der Waals surface area contributed by atoms with Crippen molar-refractivity contribution in [3.8, 4) is 0 Å². The molecule has 0 saturated carbocycles. The molecule has 0 bridgehead atoms. The number of carbonyl (C=O) groups is 2. The van der Waals surface area contributed by atoms with Crippen molar-refractivity contribution in [2.24, 2.45) is 0 Å². The Bertz CT molecular complexity index is 410. The second-order valence-electron chi connectivity index (χ2n) is 3.23. The number of benzene rings is 1. The van der Waals surface area contributed by atoms with Crippen molar-refractivity contribution in [1.29, 1.82) is 0 Å². The first-order valence-electron chi connectivity index (χ1n) is 4.42. The van der Waals surface area contributed by atoms with Crippen molar-refractivity contribution < 1.29 is 23.8 Å². The Morgan fingerprint density at radius 2 is 1.69 bits per heavy atom. The first-order valence-corrected chi connectivity index (χ1v) is 5.97. The number of rotatable bonds is 3. The van der Waals surface area contributed by atoms with Gasteiger partial charge in [0.15, 0.2) is 0 Å². The molecule has 1 rings (SSSR count). The van der Waals surface area contributed by atoms with Gasteiger partial charge >= 0.3 is 5.12 Å². The molecule has 1 aromatic rings. The minimum absolute atomic E-state index is 0.0232. The molecule has 0 fully saturated rings. The van der Waals surface area contributed by atoms with Crippen molar-refractivity contribution in [3.63, 3.8) is 0 Å². The summed E-state index contributed by atoms with van der Waals surface area (Å²) in [6, 6.07) is 5.93. The van der Waals surface area contributed by atoms with Crippen molar-refractivity contribution in [3.05, 3.63) is 29.8 Å². The van der Waals surface area contributed by atoms with E-state index in [4.69, 9.17) is 5.11 Å². The molecule has 1 aromatic carbocycles. The summed E-state index contributed by atoms with van der Waals surface area (Å²) in [4.78, 5) is 22.2. The number of hydrogen-bond acceptors (Lipinski definition) is 5. The van der Waals surface area contributed by atoms with Gasteiger partial charge in [-0.3, -0.25) is 18.7 Å². The predicted molar refractivity (Wildman–Crippen MR) is 59.4 cm³/mol. The quantitative estimate of drug-likeness (QED) is 0.694. The molecular formula is C10H12O5S. The third-order valence-corrected chi connectivity index (χ3v) is 3.65. The van der Waals surface area contributed by atoms with Gasteiger partial charge in [-0.05, 0) is 19.1 Å². The Balaban J connectivity index is 3.06. The minimum Gasteiger partial charge on any atom is -0.388 e. The minimum atomic E-state index is -3.82. The van der Waals surface area contributed by atoms with Gasteiger partial charge in [0.05, 0.1) is 4.90 Å². The van der Waals surface area contributed by atoms with Gasteiger partial charge in [0.1, 0.15) is 6.61 Å². The van der Waals surface area contributed by atoms with E-state index in [1.165, 1.54) is 12.1 Å². The first kappa shape index (κ1) is 12.9. The molecule has 0 aliphatic carbocycles. The molecule has 16 heavy (non-hydrogen) atoms. The molecule has 3 N–H and O–H groups in total. The lowest BCUT2D eigenvalue weighted by Gasteiger charge is -2.28. The first-order chi connectivity index (χ1) is 7.39. The summed E-state index contributed by atoms with van der Waals surface area (Å²) >= 11 is 0. The highest BCUT2D eigenvalue weighted by Crippen LogP contribution is 2.48. The van der Waals surface area contributed by atoms with Gasteiger partial charge in [-0.25, -0.2) is 0 Å². The Labute approximate surface area is 94.1 Å². The van der Waals surface area contributed by atoms with Crippen LogP contribution in [0.15, 0.2) is 29.2 Å². The van der Waals surface area contributed by atoms with Crippen LogP contribution in [0.2, 0.25) is 0 Å². The molecule has 0 aromatic heterocycles. The van der Waals surface area contributed by atoms with E-state index in [0.29, 0.717) is 0 Å². The zero-order valence-electron chi connectivity index (χ0n) is 8.58. The van der Waals surface area contributed by atoms with E-state index in [1.807, 2.05) is 0 Å². The van der Waals surface area contributed by atoms with Gasteiger partial charge in [-0.1, -0.05) is 17.7 Å². The Hall–Kier alpha value is -1.21. The van der Waals surface area contributed by atoms with Crippen molar-refractivity contribution in [2.45, 2.75) is 11.8 Å². The molecule has 0 spiro atoms. The van der Waals surface area contributed by atoms with E-state index < -0.39 is 28.1 Å². The van der Waals surface area contributed by atoms with E-state index in [1.54, 1.807) is 19.1 Å². The van der Waals surface area contributed by atoms with Gasteiger partial charge < -0.3 is 5.11 Å². The molecule has 0 radical (unpaired) electrons. The Kier molecular flexibility index (Phi) is 3.82. The maximum atomic E-state index is 11.3. The summed E-state index contributed by atoms with van der Waals surface area (Å²) in [6.45, 7) is 0.775. The number of carbonyl (C=O) groups excluding carboxylic acids is 2. The number of aryl methyl sites for hydroxylation is 1. The van der Waals surface area contributed by atoms with Gasteiger partial charge in [-0.2, -0.15) is 0 Å². The largest absolute Gasteiger partial charge is 0.388 e. The number of hydrogen-bond donors (Lipinski definition) is 3. The van der Waals surface area contributed by atoms with E-state index in [-0.39, 0.29) is 4.90 Å². The van der Waals surface area contributed by atoms with Crippen LogP contribution in [-0.4, -0.2) is 31.7 Å². The molecule has 5 nitrogen and oxygen atoms in total. The Morgan fingerprint density at radius 3 is 2.12 bits per heavy atom. The van der Waals surface area contributed by atoms with Gasteiger partial charge in [0.25, 0.3) is 0 Å². The molecule has 0 atom stereocenters. The number of ketones is 1. The Morgan fingerprint density at radius 1 is 1.19 bits per heavy atom. The van der Waals surface area contributed by atoms with Gasteiger partial charge in [-0.15, -0.1) is 10.6 Å². The predicted octanol–water partition coefficient (Wildman–Crippen LogP) is 1.19. The highest BCUT2D eigenvalue weighted by molar-refractivity contribution is 8.38. The summed E-state index contributed by atoms with van der Waals surface area (Å²) in [5.74, 6) is -1.21. The van der Waals surface area contributed by atoms with Crippen LogP contribution in [0.3, 0.4) is 0 Å². The fraction of sp³-hybridized carbons (Fsp3) is 0.200. The fourth-order valence-corrected chi connectivity index (χ4v) is 2.17. The molecule has 0 saturated heterocycles. The molecule has 88 valence electrons. The van der Waals surface area contributed by atoms with Crippen LogP contribution < -0.4 is 0 Å². The SMILES string of the molecule is Cc1ccc(S(O)(O)C(=O)C(=O)CO)cc1. The monoisotopic (exact) mass is 244 g/mol. The number of Topliss-reactive ketones (excluding diaryl/α,β-unsaturated/α-hetero) is 1. The standard InChI is InChI=1S/C10H12O5S/c1-7-2-4-8(5-3-7)16(14,15)10(13)9(12)6-11/h2-5,11,14-15H,6H2,1H3. The highest BCUT2D eigenvalue weighted by atomic mass is 32.3. The van der Waals surface area contributed by atoms with Gasteiger partial charge in [0.2, 0.25) is 5.78 Å². The highest BCUT2D eigenvalue weighted by Gasteiger charge is 2.30. The zero-order chi connectivity index (χ0) is 12.3. The third kappa shape index (κ3) is 2.48. The molecule has 0 heterocycles. The summed E-state index contributed by atoms with van der Waals surface area (Å²) < 4.78 is 19.2. The lowest BCUT2D eigenvalue weighted by Crippen LogP contribution is -2.24. The maximum absolute atomic E-state index is 11.3. The van der Waals surface area contributed by atoms with Crippen molar-refractivity contribution in [1.82, 2.24) is 0 Å². The summed E-state index contributed by atoms with van der Waals surface area (Å²) in [5.41, 5.74) is 0.889. The molecular weight excluding hydrogens is 232 g/mol. The fourth-order valence-electron chi connectivity index (χ4n) is 1.06. The van der Waals surface area contributed by atoms with Crippen LogP contribution in [0, 0.1) is 6.92 Å². The maximum Gasteiger partial charge on any atom is 0.313 e. The van der Waals surface area contributed by atoms with Crippen LogP contribution in [-0.2, 0) is 9.59 Å². The third-order valence-electron chi connectivity index (χ3n) is 1.98. The van der Waals surface area contributed by atoms with E-state index >= 15 is 0 Å². The topological polar surface area (TPSA) is 94.8 Å². The van der Waals surface area contributed by atoms with E-state index in [2.05, 4.69) is 0 Å². The van der Waals surface area contributed by atoms with E-state index in [0.717, 1.165) is 5.56 Å². The summed E-state index contributed by atoms with van der Waals surface area (Å²) in [6.07, 6.45) is 0. The van der Waals surface area contributed by atoms with Gasteiger partial charge in [0, 0.05) is 0 Å². The van der Waals surface area contributed by atoms with Crippen molar-refractivity contribution >= 4 is 21.5 Å². The van der Waals surface area contributed by atoms with Crippen LogP contribution >= 0.6 is 10.6 Å². The van der Waals surface area contributed by atoms with Crippen LogP contribution in [0.4, 0.5) is 0 Å². The second-order valence-corrected chi connectivity index (χ2v) is 5.17. The molecule has 0 amide bonds. The number of aliphatic hydroxyl groups excluding tert-OH is 1. The van der Waals surface area contributed by atoms with Crippen LogP contribution in [0.25, 0.3) is 0 Å². The van der Waals surface area contributed by atoms with Crippen LogP contribution in [0.1, 0.15) is 5.56 Å². The lowest BCUT2D eigenvalue weighted by atomic mass is 10.2. The molecule has 0 aliphatic heterocycles. The average Bonchev–Trinajstić information content (AvgIpc) is 2.27. The number of aliphatic hydroxyl groups is 1. The lowest BCUT2D eigenvalue weighted by molar-refractivity contribution is -0.134. The van der Waals surface area contributed by atoms with Crippen molar-refractivity contribution in [2.75, 3.05) is 6.61 Å². The van der Waals surface area contributed by atoms with E-state index in [9.17, 15) is 18.7 Å². The average molecular weight is 244 g/mol. The summed E-state index contributed by atoms with van der Waals surface area (Å²) in [5, 5.41) is 7.12. The molecule has 6 heteroatoms.